The fraction of sp³-hybridized carbons (Fsp3) is 0.0741. The van der Waals surface area contributed by atoms with Gasteiger partial charge in [0, 0.05) is 5.56 Å². The standard InChI is InChI=1S/C27H21ClN2O4/c1-18-7-6-9-20(15-18)33-17-26(31)30-29-16-23-21-10-3-2-8-19(21)13-14-25(23)34-27(32)22-11-4-5-12-24(22)28/h2-16H,17H2,1H3,(H,30,31)/b29-16+. The van der Waals surface area contributed by atoms with Crippen molar-refractivity contribution in [1.29, 1.82) is 0 Å². The van der Waals surface area contributed by atoms with E-state index in [-0.39, 0.29) is 17.9 Å². The molecule has 1 amide bonds. The van der Waals surface area contributed by atoms with Crippen LogP contribution in [0, 0.1) is 6.92 Å². The number of carbonyl (C=O) groups is 2. The lowest BCUT2D eigenvalue weighted by Gasteiger charge is -2.11. The van der Waals surface area contributed by atoms with Crippen LogP contribution in [0.5, 0.6) is 11.5 Å². The fourth-order valence-electron chi connectivity index (χ4n) is 3.33. The van der Waals surface area contributed by atoms with Crippen molar-refractivity contribution in [2.45, 2.75) is 6.92 Å². The Morgan fingerprint density at radius 1 is 0.971 bits per heavy atom. The molecule has 0 unspecified atom stereocenters. The van der Waals surface area contributed by atoms with E-state index in [2.05, 4.69) is 10.5 Å². The van der Waals surface area contributed by atoms with Gasteiger partial charge in [-0.3, -0.25) is 4.79 Å². The van der Waals surface area contributed by atoms with Crippen molar-refractivity contribution in [3.63, 3.8) is 0 Å². The van der Waals surface area contributed by atoms with Crippen molar-refractivity contribution >= 4 is 40.5 Å². The molecule has 0 saturated carbocycles. The normalized spacial score (nSPS) is 10.9. The number of rotatable bonds is 7. The number of halogens is 1. The Morgan fingerprint density at radius 3 is 2.59 bits per heavy atom. The third-order valence-corrected chi connectivity index (χ3v) is 5.30. The molecule has 0 aliphatic carbocycles. The molecule has 0 bridgehead atoms. The topological polar surface area (TPSA) is 77.0 Å². The van der Waals surface area contributed by atoms with Crippen LogP contribution in [0.4, 0.5) is 0 Å². The number of hydrazone groups is 1. The largest absolute Gasteiger partial charge is 0.484 e. The molecule has 0 atom stereocenters. The minimum absolute atomic E-state index is 0.190. The van der Waals surface area contributed by atoms with Gasteiger partial charge in [-0.25, -0.2) is 10.2 Å². The number of esters is 1. The molecule has 4 rings (SSSR count). The summed E-state index contributed by atoms with van der Waals surface area (Å²) < 4.78 is 11.1. The van der Waals surface area contributed by atoms with Gasteiger partial charge in [-0.05, 0) is 53.6 Å². The summed E-state index contributed by atoms with van der Waals surface area (Å²) in [5.74, 6) is -0.127. The first kappa shape index (κ1) is 23.0. The summed E-state index contributed by atoms with van der Waals surface area (Å²) in [6.45, 7) is 1.75. The van der Waals surface area contributed by atoms with Crippen molar-refractivity contribution in [1.82, 2.24) is 5.43 Å². The zero-order chi connectivity index (χ0) is 23.9. The summed E-state index contributed by atoms with van der Waals surface area (Å²) in [5.41, 5.74) is 4.27. The van der Waals surface area contributed by atoms with E-state index in [1.54, 1.807) is 36.4 Å². The maximum atomic E-state index is 12.7. The van der Waals surface area contributed by atoms with Gasteiger partial charge in [0.25, 0.3) is 5.91 Å². The number of aryl methyl sites for hydroxylation is 1. The third kappa shape index (κ3) is 5.60. The van der Waals surface area contributed by atoms with E-state index >= 15 is 0 Å². The molecule has 34 heavy (non-hydrogen) atoms. The monoisotopic (exact) mass is 472 g/mol. The highest BCUT2D eigenvalue weighted by molar-refractivity contribution is 6.33. The van der Waals surface area contributed by atoms with Crippen molar-refractivity contribution < 1.29 is 19.1 Å². The summed E-state index contributed by atoms with van der Waals surface area (Å²) >= 11 is 6.13. The molecular formula is C27H21ClN2O4. The highest BCUT2D eigenvalue weighted by Crippen LogP contribution is 2.28. The molecule has 4 aromatic carbocycles. The number of amides is 1. The second-order valence-corrected chi connectivity index (χ2v) is 7.87. The van der Waals surface area contributed by atoms with E-state index in [1.165, 1.54) is 6.21 Å². The average Bonchev–Trinajstić information content (AvgIpc) is 2.84. The maximum Gasteiger partial charge on any atom is 0.345 e. The van der Waals surface area contributed by atoms with Gasteiger partial charge in [0.05, 0.1) is 16.8 Å². The van der Waals surface area contributed by atoms with Crippen LogP contribution in [0.25, 0.3) is 10.8 Å². The van der Waals surface area contributed by atoms with E-state index in [0.717, 1.165) is 16.3 Å². The highest BCUT2D eigenvalue weighted by Gasteiger charge is 2.15. The van der Waals surface area contributed by atoms with Gasteiger partial charge in [0.2, 0.25) is 0 Å². The molecule has 0 aromatic heterocycles. The molecule has 0 spiro atoms. The first-order valence-electron chi connectivity index (χ1n) is 10.5. The summed E-state index contributed by atoms with van der Waals surface area (Å²) in [4.78, 5) is 24.9. The Morgan fingerprint density at radius 2 is 1.76 bits per heavy atom. The van der Waals surface area contributed by atoms with Gasteiger partial charge in [-0.1, -0.05) is 66.2 Å². The summed E-state index contributed by atoms with van der Waals surface area (Å²) in [6, 6.07) is 25.2. The lowest BCUT2D eigenvalue weighted by atomic mass is 10.0. The second-order valence-electron chi connectivity index (χ2n) is 7.47. The zero-order valence-corrected chi connectivity index (χ0v) is 19.1. The number of carbonyl (C=O) groups excluding carboxylic acids is 2. The van der Waals surface area contributed by atoms with E-state index < -0.39 is 11.9 Å². The Bertz CT molecular complexity index is 1380. The Hall–Kier alpha value is -4.16. The van der Waals surface area contributed by atoms with Crippen LogP contribution < -0.4 is 14.9 Å². The smallest absolute Gasteiger partial charge is 0.345 e. The Kier molecular flexibility index (Phi) is 7.20. The van der Waals surface area contributed by atoms with Crippen LogP contribution >= 0.6 is 11.6 Å². The molecule has 1 N–H and O–H groups in total. The first-order valence-corrected chi connectivity index (χ1v) is 10.9. The van der Waals surface area contributed by atoms with Crippen LogP contribution in [-0.2, 0) is 4.79 Å². The Balaban J connectivity index is 1.52. The predicted octanol–water partition coefficient (Wildman–Crippen LogP) is 5.55. The summed E-state index contributed by atoms with van der Waals surface area (Å²) in [5, 5.41) is 6.09. The molecule has 0 aliphatic rings. The van der Waals surface area contributed by atoms with Gasteiger partial charge < -0.3 is 9.47 Å². The lowest BCUT2D eigenvalue weighted by molar-refractivity contribution is -0.123. The SMILES string of the molecule is Cc1cccc(OCC(=O)N/N=C/c2c(OC(=O)c3ccccc3Cl)ccc3ccccc23)c1. The third-order valence-electron chi connectivity index (χ3n) is 4.97. The quantitative estimate of drug-likeness (QED) is 0.165. The molecule has 4 aromatic rings. The molecular weight excluding hydrogens is 452 g/mol. The minimum atomic E-state index is -0.592. The van der Waals surface area contributed by atoms with E-state index in [4.69, 9.17) is 21.1 Å². The molecule has 0 radical (unpaired) electrons. The summed E-state index contributed by atoms with van der Waals surface area (Å²) in [7, 11) is 0. The van der Waals surface area contributed by atoms with Crippen LogP contribution in [0.15, 0.2) is 90.0 Å². The zero-order valence-electron chi connectivity index (χ0n) is 18.3. The first-order chi connectivity index (χ1) is 16.5. The van der Waals surface area contributed by atoms with Crippen molar-refractivity contribution in [3.8, 4) is 11.5 Å². The van der Waals surface area contributed by atoms with Gasteiger partial charge in [-0.15, -0.1) is 0 Å². The van der Waals surface area contributed by atoms with Crippen molar-refractivity contribution in [3.05, 3.63) is 107 Å². The minimum Gasteiger partial charge on any atom is -0.484 e. The summed E-state index contributed by atoms with van der Waals surface area (Å²) in [6.07, 6.45) is 1.45. The van der Waals surface area contributed by atoms with Crippen molar-refractivity contribution in [2.75, 3.05) is 6.61 Å². The van der Waals surface area contributed by atoms with Crippen molar-refractivity contribution in [2.24, 2.45) is 5.10 Å². The van der Waals surface area contributed by atoms with Crippen LogP contribution in [-0.4, -0.2) is 24.7 Å². The Labute approximate surface area is 201 Å². The highest BCUT2D eigenvalue weighted by atomic mass is 35.5. The van der Waals surface area contributed by atoms with Gasteiger partial charge >= 0.3 is 5.97 Å². The van der Waals surface area contributed by atoms with Gasteiger partial charge in [0.15, 0.2) is 6.61 Å². The number of nitrogens with zero attached hydrogens (tertiary/aromatic N) is 1. The fourth-order valence-corrected chi connectivity index (χ4v) is 3.55. The number of benzene rings is 4. The molecule has 170 valence electrons. The average molecular weight is 473 g/mol. The number of hydrogen-bond acceptors (Lipinski definition) is 5. The van der Waals surface area contributed by atoms with E-state index in [9.17, 15) is 9.59 Å². The van der Waals surface area contributed by atoms with Gasteiger partial charge in [0.1, 0.15) is 11.5 Å². The number of hydrogen-bond donors (Lipinski definition) is 1. The molecule has 0 saturated heterocycles. The van der Waals surface area contributed by atoms with Gasteiger partial charge in [-0.2, -0.15) is 5.10 Å². The second kappa shape index (κ2) is 10.6. The van der Waals surface area contributed by atoms with E-state index in [0.29, 0.717) is 16.3 Å². The molecule has 6 nitrogen and oxygen atoms in total. The van der Waals surface area contributed by atoms with Crippen LogP contribution in [0.1, 0.15) is 21.5 Å². The molecule has 0 aliphatic heterocycles. The molecule has 7 heteroatoms. The maximum absolute atomic E-state index is 12.7. The van der Waals surface area contributed by atoms with E-state index in [1.807, 2.05) is 55.5 Å². The number of nitrogens with one attached hydrogen (secondary N) is 1. The molecule has 0 fully saturated rings. The van der Waals surface area contributed by atoms with Crippen LogP contribution in [0.2, 0.25) is 5.02 Å². The predicted molar refractivity (Wildman–Crippen MR) is 133 cm³/mol. The lowest BCUT2D eigenvalue weighted by Crippen LogP contribution is -2.24. The number of fused-ring (bicyclic) bond motifs is 1. The van der Waals surface area contributed by atoms with Crippen LogP contribution in [0.3, 0.4) is 0 Å². The molecule has 0 heterocycles. The number of ether oxygens (including phenoxy) is 2.